The number of carbonyl (C=O) groups excluding carboxylic acids is 1. The van der Waals surface area contributed by atoms with Crippen LogP contribution >= 0.6 is 0 Å². The highest BCUT2D eigenvalue weighted by molar-refractivity contribution is 5.81. The number of benzene rings is 1. The van der Waals surface area contributed by atoms with E-state index in [-0.39, 0.29) is 5.91 Å². The van der Waals surface area contributed by atoms with Gasteiger partial charge in [0, 0.05) is 6.54 Å². The molecule has 0 bridgehead atoms. The van der Waals surface area contributed by atoms with Crippen molar-refractivity contribution in [2.45, 2.75) is 109 Å². The van der Waals surface area contributed by atoms with E-state index in [4.69, 9.17) is 10.5 Å². The fraction of sp³-hybridized carbons (Fsp3) is 0.731. The normalized spacial score (nSPS) is 12.0. The number of amides is 1. The zero-order valence-corrected chi connectivity index (χ0v) is 19.6. The second-order valence-corrected chi connectivity index (χ2v) is 8.55. The van der Waals surface area contributed by atoms with Gasteiger partial charge in [-0.3, -0.25) is 4.79 Å². The molecule has 0 aliphatic rings. The summed E-state index contributed by atoms with van der Waals surface area (Å²) in [6, 6.07) is 7.22. The van der Waals surface area contributed by atoms with Gasteiger partial charge in [-0.15, -0.1) is 0 Å². The summed E-state index contributed by atoms with van der Waals surface area (Å²) in [5, 5.41) is 2.98. The van der Waals surface area contributed by atoms with Gasteiger partial charge in [0.05, 0.1) is 13.2 Å². The van der Waals surface area contributed by atoms with Gasteiger partial charge in [-0.05, 0) is 30.5 Å². The molecule has 0 aliphatic carbocycles. The van der Waals surface area contributed by atoms with Crippen LogP contribution in [0.4, 0.5) is 0 Å². The molecule has 0 saturated heterocycles. The Labute approximate surface area is 185 Å². The maximum atomic E-state index is 12.1. The number of rotatable bonds is 19. The average Bonchev–Trinajstić information content (AvgIpc) is 2.76. The van der Waals surface area contributed by atoms with Crippen molar-refractivity contribution in [3.63, 3.8) is 0 Å². The Morgan fingerprint density at radius 2 is 1.30 bits per heavy atom. The number of nitrogens with two attached hydrogens (primary N) is 1. The van der Waals surface area contributed by atoms with Gasteiger partial charge in [-0.1, -0.05) is 103 Å². The summed E-state index contributed by atoms with van der Waals surface area (Å²) in [4.78, 5) is 12.1. The van der Waals surface area contributed by atoms with Crippen LogP contribution < -0.4 is 15.8 Å². The Morgan fingerprint density at radius 1 is 0.833 bits per heavy atom. The van der Waals surface area contributed by atoms with Crippen molar-refractivity contribution in [1.29, 1.82) is 0 Å². The molecule has 0 heterocycles. The average molecular weight is 419 g/mol. The predicted octanol–water partition coefficient (Wildman–Crippen LogP) is 6.16. The Balaban J connectivity index is 1.90. The minimum absolute atomic E-state index is 0.0551. The van der Waals surface area contributed by atoms with Gasteiger partial charge in [0.15, 0.2) is 0 Å². The SMILES string of the molecule is CCCCCCCCCCCCCCCCNC(=O)[C@@H](N)Cc1ccc(OC)cc1. The monoisotopic (exact) mass is 418 g/mol. The Kier molecular flexibility index (Phi) is 16.1. The highest BCUT2D eigenvalue weighted by Gasteiger charge is 2.13. The van der Waals surface area contributed by atoms with Gasteiger partial charge >= 0.3 is 0 Å². The summed E-state index contributed by atoms with van der Waals surface area (Å²) in [7, 11) is 1.64. The first-order chi connectivity index (χ1) is 14.7. The molecule has 1 amide bonds. The fourth-order valence-corrected chi connectivity index (χ4v) is 3.77. The molecule has 0 aromatic heterocycles. The Hall–Kier alpha value is -1.55. The number of nitrogens with one attached hydrogen (secondary N) is 1. The molecular weight excluding hydrogens is 372 g/mol. The van der Waals surface area contributed by atoms with Crippen LogP contribution in [0, 0.1) is 0 Å². The third-order valence-electron chi connectivity index (χ3n) is 5.78. The van der Waals surface area contributed by atoms with E-state index in [1.54, 1.807) is 7.11 Å². The van der Waals surface area contributed by atoms with Crippen LogP contribution in [0.5, 0.6) is 5.75 Å². The minimum Gasteiger partial charge on any atom is -0.497 e. The molecule has 0 unspecified atom stereocenters. The van der Waals surface area contributed by atoms with Crippen molar-refractivity contribution in [3.05, 3.63) is 29.8 Å². The van der Waals surface area contributed by atoms with Gasteiger partial charge in [0.2, 0.25) is 5.91 Å². The quantitative estimate of drug-likeness (QED) is 0.264. The fourth-order valence-electron chi connectivity index (χ4n) is 3.77. The summed E-state index contributed by atoms with van der Waals surface area (Å²) in [6.45, 7) is 3.00. The van der Waals surface area contributed by atoms with Crippen LogP contribution in [-0.4, -0.2) is 25.6 Å². The molecule has 3 N–H and O–H groups in total. The number of hydrogen-bond acceptors (Lipinski definition) is 3. The molecule has 4 heteroatoms. The summed E-state index contributed by atoms with van der Waals surface area (Å²) >= 11 is 0. The van der Waals surface area contributed by atoms with Crippen LogP contribution in [0.3, 0.4) is 0 Å². The van der Waals surface area contributed by atoms with E-state index >= 15 is 0 Å². The standard InChI is InChI=1S/C26H46N2O2/c1-3-4-5-6-7-8-9-10-11-12-13-14-15-16-21-28-26(29)25(27)22-23-17-19-24(30-2)20-18-23/h17-20,25H,3-16,21-22,27H2,1-2H3,(H,28,29)/t25-/m0/s1. The van der Waals surface area contributed by atoms with Gasteiger partial charge in [0.1, 0.15) is 5.75 Å². The topological polar surface area (TPSA) is 64.4 Å². The smallest absolute Gasteiger partial charge is 0.237 e. The van der Waals surface area contributed by atoms with Crippen molar-refractivity contribution in [2.24, 2.45) is 5.73 Å². The van der Waals surface area contributed by atoms with Crippen LogP contribution in [0.25, 0.3) is 0 Å². The Morgan fingerprint density at radius 3 is 1.77 bits per heavy atom. The molecule has 0 fully saturated rings. The predicted molar refractivity (Wildman–Crippen MR) is 128 cm³/mol. The molecule has 1 aromatic rings. The summed E-state index contributed by atoms with van der Waals surface area (Å²) < 4.78 is 5.15. The molecule has 0 aliphatic heterocycles. The second-order valence-electron chi connectivity index (χ2n) is 8.55. The highest BCUT2D eigenvalue weighted by atomic mass is 16.5. The first kappa shape index (κ1) is 26.5. The summed E-state index contributed by atoms with van der Waals surface area (Å²) in [6.07, 6.45) is 19.4. The molecule has 4 nitrogen and oxygen atoms in total. The summed E-state index contributed by atoms with van der Waals surface area (Å²) in [5.41, 5.74) is 7.09. The van der Waals surface area contributed by atoms with Crippen molar-refractivity contribution in [2.75, 3.05) is 13.7 Å². The molecular formula is C26H46N2O2. The van der Waals surface area contributed by atoms with E-state index in [0.29, 0.717) is 6.42 Å². The molecule has 30 heavy (non-hydrogen) atoms. The first-order valence-corrected chi connectivity index (χ1v) is 12.3. The van der Waals surface area contributed by atoms with E-state index in [2.05, 4.69) is 12.2 Å². The van der Waals surface area contributed by atoms with Crippen LogP contribution in [0.15, 0.2) is 24.3 Å². The van der Waals surface area contributed by atoms with E-state index in [9.17, 15) is 4.79 Å². The van der Waals surface area contributed by atoms with Gasteiger partial charge in [-0.2, -0.15) is 0 Å². The van der Waals surface area contributed by atoms with E-state index in [0.717, 1.165) is 24.3 Å². The van der Waals surface area contributed by atoms with Gasteiger partial charge in [-0.25, -0.2) is 0 Å². The van der Waals surface area contributed by atoms with Crippen molar-refractivity contribution < 1.29 is 9.53 Å². The van der Waals surface area contributed by atoms with Crippen molar-refractivity contribution >= 4 is 5.91 Å². The lowest BCUT2D eigenvalue weighted by atomic mass is 10.0. The highest BCUT2D eigenvalue weighted by Crippen LogP contribution is 2.13. The molecule has 1 atom stereocenters. The Bertz CT molecular complexity index is 530. The molecule has 1 rings (SSSR count). The number of carbonyl (C=O) groups is 1. The van der Waals surface area contributed by atoms with Gasteiger partial charge in [0.25, 0.3) is 0 Å². The van der Waals surface area contributed by atoms with Crippen molar-refractivity contribution in [1.82, 2.24) is 5.32 Å². The van der Waals surface area contributed by atoms with Gasteiger partial charge < -0.3 is 15.8 Å². The van der Waals surface area contributed by atoms with Crippen LogP contribution in [-0.2, 0) is 11.2 Å². The second kappa shape index (κ2) is 18.2. The summed E-state index contributed by atoms with van der Waals surface area (Å²) in [5.74, 6) is 0.759. The third kappa shape index (κ3) is 13.6. The number of unbranched alkanes of at least 4 members (excludes halogenated alkanes) is 13. The maximum Gasteiger partial charge on any atom is 0.237 e. The largest absolute Gasteiger partial charge is 0.497 e. The molecule has 1 aromatic carbocycles. The first-order valence-electron chi connectivity index (χ1n) is 12.3. The minimum atomic E-state index is -0.495. The number of ether oxygens (including phenoxy) is 1. The third-order valence-corrected chi connectivity index (χ3v) is 5.78. The lowest BCUT2D eigenvalue weighted by Crippen LogP contribution is -2.42. The zero-order valence-electron chi connectivity index (χ0n) is 19.6. The number of hydrogen-bond donors (Lipinski definition) is 2. The van der Waals surface area contributed by atoms with E-state index < -0.39 is 6.04 Å². The maximum absolute atomic E-state index is 12.1. The molecule has 0 radical (unpaired) electrons. The molecule has 0 spiro atoms. The zero-order chi connectivity index (χ0) is 21.9. The van der Waals surface area contributed by atoms with Crippen molar-refractivity contribution in [3.8, 4) is 5.75 Å². The lowest BCUT2D eigenvalue weighted by Gasteiger charge is -2.12. The number of methoxy groups -OCH3 is 1. The molecule has 0 saturated carbocycles. The van der Waals surface area contributed by atoms with Crippen LogP contribution in [0.1, 0.15) is 102 Å². The van der Waals surface area contributed by atoms with E-state index in [1.807, 2.05) is 24.3 Å². The lowest BCUT2D eigenvalue weighted by molar-refractivity contribution is -0.122. The molecule has 172 valence electrons. The van der Waals surface area contributed by atoms with Crippen LogP contribution in [0.2, 0.25) is 0 Å². The van der Waals surface area contributed by atoms with E-state index in [1.165, 1.54) is 83.5 Å².